The van der Waals surface area contributed by atoms with Crippen molar-refractivity contribution >= 4 is 41.5 Å². The van der Waals surface area contributed by atoms with Crippen molar-refractivity contribution < 1.29 is 48.9 Å². The van der Waals surface area contributed by atoms with E-state index in [1.165, 1.54) is 13.8 Å². The Bertz CT molecular complexity index is 867. The van der Waals surface area contributed by atoms with Gasteiger partial charge in [-0.1, -0.05) is 20.3 Å². The number of aliphatic hydroxyl groups is 1. The third kappa shape index (κ3) is 11.7. The Balaban J connectivity index is 5.11. The van der Waals surface area contributed by atoms with Crippen LogP contribution in [0.5, 0.6) is 0 Å². The average molecular weight is 533 g/mol. The molecule has 0 spiro atoms. The van der Waals surface area contributed by atoms with Crippen molar-refractivity contribution in [1.29, 1.82) is 0 Å². The van der Waals surface area contributed by atoms with Gasteiger partial charge in [0.1, 0.15) is 30.2 Å². The number of nitrogens with two attached hydrogens (primary N) is 1. The molecule has 0 aliphatic heterocycles. The number of carbonyl (C=O) groups is 7. The highest BCUT2D eigenvalue weighted by atomic mass is 16.4. The van der Waals surface area contributed by atoms with Crippen molar-refractivity contribution in [2.75, 3.05) is 13.2 Å². The van der Waals surface area contributed by atoms with Crippen molar-refractivity contribution in [1.82, 2.24) is 26.6 Å². The molecular weight excluding hydrogens is 496 g/mol. The third-order valence-corrected chi connectivity index (χ3v) is 5.31. The number of carboxylic acids is 2. The quantitative estimate of drug-likeness (QED) is 0.0924. The standard InChI is InChI=1S/C21H36N6O10/c1-5-9(2)16(21(36)37)27-18(33)11(4)23-17(32)10(3)24-20(35)13(8-28)26-19(34)12(6-15(30)31)25-14(29)7-22/h9-13,16,28H,5-8,22H2,1-4H3,(H,23,32)(H,24,35)(H,25,29)(H,26,34)(H,27,33)(H,30,31)(H,36,37)/t9-,10-,11-,12-,13-,16-/m0/s1. The van der Waals surface area contributed by atoms with Crippen molar-refractivity contribution in [2.45, 2.75) is 70.7 Å². The highest BCUT2D eigenvalue weighted by Gasteiger charge is 2.31. The Hall–Kier alpha value is -3.79. The molecule has 0 unspecified atom stereocenters. The minimum atomic E-state index is -1.61. The first kappa shape index (κ1) is 33.2. The van der Waals surface area contributed by atoms with Crippen LogP contribution >= 0.6 is 0 Å². The smallest absolute Gasteiger partial charge is 0.326 e. The summed E-state index contributed by atoms with van der Waals surface area (Å²) in [5, 5.41) is 38.8. The first-order valence-corrected chi connectivity index (χ1v) is 11.4. The van der Waals surface area contributed by atoms with Crippen LogP contribution in [0.3, 0.4) is 0 Å². The second-order valence-corrected chi connectivity index (χ2v) is 8.34. The van der Waals surface area contributed by atoms with Gasteiger partial charge in [0.05, 0.1) is 19.6 Å². The second-order valence-electron chi connectivity index (χ2n) is 8.34. The zero-order valence-corrected chi connectivity index (χ0v) is 21.1. The maximum absolute atomic E-state index is 12.5. The lowest BCUT2D eigenvalue weighted by atomic mass is 9.99. The van der Waals surface area contributed by atoms with Crippen LogP contribution in [-0.4, -0.2) is 100 Å². The summed E-state index contributed by atoms with van der Waals surface area (Å²) < 4.78 is 0. The number of carbonyl (C=O) groups excluding carboxylic acids is 5. The first-order chi connectivity index (χ1) is 17.2. The minimum absolute atomic E-state index is 0.369. The van der Waals surface area contributed by atoms with E-state index in [1.807, 2.05) is 0 Å². The molecule has 6 atom stereocenters. The van der Waals surface area contributed by atoms with Crippen LogP contribution in [-0.2, 0) is 33.6 Å². The van der Waals surface area contributed by atoms with E-state index in [2.05, 4.69) is 26.6 Å². The number of aliphatic hydroxyl groups excluding tert-OH is 1. The highest BCUT2D eigenvalue weighted by Crippen LogP contribution is 2.08. The van der Waals surface area contributed by atoms with E-state index in [4.69, 9.17) is 10.8 Å². The molecule has 16 nitrogen and oxygen atoms in total. The summed E-state index contributed by atoms with van der Waals surface area (Å²) in [7, 11) is 0. The molecule has 0 aromatic carbocycles. The summed E-state index contributed by atoms with van der Waals surface area (Å²) in [5.74, 6) is -7.54. The fourth-order valence-corrected chi connectivity index (χ4v) is 2.85. The van der Waals surface area contributed by atoms with E-state index in [9.17, 15) is 43.8 Å². The van der Waals surface area contributed by atoms with Crippen LogP contribution in [0.15, 0.2) is 0 Å². The summed E-state index contributed by atoms with van der Waals surface area (Å²) in [6.07, 6.45) is -0.337. The van der Waals surface area contributed by atoms with Gasteiger partial charge in [-0.15, -0.1) is 0 Å². The lowest BCUT2D eigenvalue weighted by Crippen LogP contribution is -2.59. The average Bonchev–Trinajstić information content (AvgIpc) is 2.83. The van der Waals surface area contributed by atoms with E-state index < -0.39 is 91.3 Å². The van der Waals surface area contributed by atoms with Crippen LogP contribution in [0.1, 0.15) is 40.5 Å². The minimum Gasteiger partial charge on any atom is -0.481 e. The molecule has 0 saturated carbocycles. The topological polar surface area (TPSA) is 266 Å². The van der Waals surface area contributed by atoms with Crippen molar-refractivity contribution in [3.05, 3.63) is 0 Å². The molecule has 0 bridgehead atoms. The predicted molar refractivity (Wildman–Crippen MR) is 126 cm³/mol. The van der Waals surface area contributed by atoms with Gasteiger partial charge in [0.25, 0.3) is 0 Å². The molecule has 0 radical (unpaired) electrons. The van der Waals surface area contributed by atoms with Crippen molar-refractivity contribution in [3.63, 3.8) is 0 Å². The maximum Gasteiger partial charge on any atom is 0.326 e. The van der Waals surface area contributed by atoms with Gasteiger partial charge < -0.3 is 47.6 Å². The zero-order chi connectivity index (χ0) is 28.9. The predicted octanol–water partition coefficient (Wildman–Crippen LogP) is -3.99. The van der Waals surface area contributed by atoms with Crippen molar-refractivity contribution in [2.24, 2.45) is 11.7 Å². The summed E-state index contributed by atoms with van der Waals surface area (Å²) in [5.41, 5.74) is 5.14. The summed E-state index contributed by atoms with van der Waals surface area (Å²) in [6, 6.07) is -6.77. The van der Waals surface area contributed by atoms with Gasteiger partial charge in [-0.25, -0.2) is 4.79 Å². The van der Waals surface area contributed by atoms with Gasteiger partial charge in [0.15, 0.2) is 0 Å². The molecular formula is C21H36N6O10. The molecule has 16 heteroatoms. The van der Waals surface area contributed by atoms with E-state index in [0.29, 0.717) is 6.42 Å². The molecule has 0 aliphatic carbocycles. The SMILES string of the molecule is CC[C@H](C)[C@H](NC(=O)[C@H](C)NC(=O)[C@H](C)NC(=O)[C@H](CO)NC(=O)[C@H](CC(=O)O)NC(=O)CN)C(=O)O. The Morgan fingerprint density at radius 1 is 0.730 bits per heavy atom. The van der Waals surface area contributed by atoms with E-state index >= 15 is 0 Å². The molecule has 10 N–H and O–H groups in total. The zero-order valence-electron chi connectivity index (χ0n) is 21.1. The Morgan fingerprint density at radius 2 is 1.22 bits per heavy atom. The van der Waals surface area contributed by atoms with Gasteiger partial charge in [0, 0.05) is 0 Å². The normalized spacial score (nSPS) is 15.5. The van der Waals surface area contributed by atoms with Gasteiger partial charge in [-0.2, -0.15) is 0 Å². The molecule has 37 heavy (non-hydrogen) atoms. The van der Waals surface area contributed by atoms with Crippen LogP contribution in [0, 0.1) is 5.92 Å². The van der Waals surface area contributed by atoms with Crippen molar-refractivity contribution in [3.8, 4) is 0 Å². The summed E-state index contributed by atoms with van der Waals surface area (Å²) in [4.78, 5) is 83.4. The lowest BCUT2D eigenvalue weighted by Gasteiger charge is -2.24. The number of aliphatic carboxylic acids is 2. The van der Waals surface area contributed by atoms with Gasteiger partial charge in [-0.3, -0.25) is 28.8 Å². The van der Waals surface area contributed by atoms with Gasteiger partial charge in [0.2, 0.25) is 29.5 Å². The highest BCUT2D eigenvalue weighted by molar-refractivity contribution is 5.96. The third-order valence-electron chi connectivity index (χ3n) is 5.31. The van der Waals surface area contributed by atoms with E-state index in [1.54, 1.807) is 13.8 Å². The fraction of sp³-hybridized carbons (Fsp3) is 0.667. The Morgan fingerprint density at radius 3 is 1.65 bits per heavy atom. The number of hydrogen-bond donors (Lipinski definition) is 9. The van der Waals surface area contributed by atoms with Crippen LogP contribution < -0.4 is 32.3 Å². The molecule has 0 fully saturated rings. The Kier molecular flexibility index (Phi) is 14.4. The second kappa shape index (κ2) is 16.1. The summed E-state index contributed by atoms with van der Waals surface area (Å²) in [6.45, 7) is 4.51. The van der Waals surface area contributed by atoms with Gasteiger partial charge >= 0.3 is 11.9 Å². The molecule has 0 heterocycles. The Labute approximate surface area is 213 Å². The van der Waals surface area contributed by atoms with E-state index in [0.717, 1.165) is 0 Å². The molecule has 0 aromatic heterocycles. The molecule has 0 rings (SSSR count). The number of carboxylic acid groups (broad SMARTS) is 2. The molecule has 0 aliphatic rings. The number of amides is 5. The molecule has 0 saturated heterocycles. The number of nitrogens with one attached hydrogen (secondary N) is 5. The number of rotatable bonds is 16. The van der Waals surface area contributed by atoms with Crippen LogP contribution in [0.2, 0.25) is 0 Å². The molecule has 210 valence electrons. The first-order valence-electron chi connectivity index (χ1n) is 11.4. The monoisotopic (exact) mass is 532 g/mol. The largest absolute Gasteiger partial charge is 0.481 e. The fourth-order valence-electron chi connectivity index (χ4n) is 2.85. The van der Waals surface area contributed by atoms with Gasteiger partial charge in [-0.05, 0) is 19.8 Å². The molecule has 5 amide bonds. The van der Waals surface area contributed by atoms with E-state index in [-0.39, 0.29) is 5.92 Å². The van der Waals surface area contributed by atoms with Crippen LogP contribution in [0.4, 0.5) is 0 Å². The summed E-state index contributed by atoms with van der Waals surface area (Å²) >= 11 is 0. The lowest BCUT2D eigenvalue weighted by molar-refractivity contribution is -0.144. The number of hydrogen-bond acceptors (Lipinski definition) is 9. The van der Waals surface area contributed by atoms with Crippen LogP contribution in [0.25, 0.3) is 0 Å². The maximum atomic E-state index is 12.5. The molecule has 0 aromatic rings.